The van der Waals surface area contributed by atoms with Gasteiger partial charge >= 0.3 is 6.09 Å². The maximum atomic E-state index is 12.1. The maximum absolute atomic E-state index is 12.1. The van der Waals surface area contributed by atoms with Crippen LogP contribution in [0, 0.1) is 0 Å². The summed E-state index contributed by atoms with van der Waals surface area (Å²) < 4.78 is 5.24. The first kappa shape index (κ1) is 19.8. The van der Waals surface area contributed by atoms with Crippen LogP contribution in [0.25, 0.3) is 0 Å². The highest BCUT2D eigenvalue weighted by atomic mass is 32.2. The zero-order chi connectivity index (χ0) is 20.3. The molecule has 0 atom stereocenters. The Bertz CT molecular complexity index is 961. The fourth-order valence-corrected chi connectivity index (χ4v) is 3.87. The van der Waals surface area contributed by atoms with E-state index >= 15 is 0 Å². The molecule has 3 rings (SSSR count). The Hall–Kier alpha value is -2.99. The van der Waals surface area contributed by atoms with Gasteiger partial charge in [0.05, 0.1) is 23.5 Å². The molecule has 0 radical (unpaired) electrons. The number of rotatable bonds is 6. The second kappa shape index (κ2) is 8.35. The van der Waals surface area contributed by atoms with Crippen molar-refractivity contribution in [2.75, 3.05) is 30.0 Å². The number of hydrogen-bond donors (Lipinski definition) is 2. The fourth-order valence-electron chi connectivity index (χ4n) is 2.34. The first-order valence-corrected chi connectivity index (χ1v) is 9.85. The van der Waals surface area contributed by atoms with Crippen LogP contribution >= 0.6 is 23.1 Å². The van der Waals surface area contributed by atoms with Crippen molar-refractivity contribution in [2.45, 2.75) is 11.3 Å². The highest BCUT2D eigenvalue weighted by molar-refractivity contribution is 8.01. The number of hydrogen-bond acceptors (Lipinski definition) is 9. The normalized spacial score (nSPS) is 12.7. The smallest absolute Gasteiger partial charge is 0.413 e. The molecule has 2 heterocycles. The molecule has 4 amide bonds. The average Bonchev–Trinajstić information content (AvgIpc) is 3.19. The Kier molecular flexibility index (Phi) is 5.90. The van der Waals surface area contributed by atoms with Crippen LogP contribution in [0.5, 0.6) is 0 Å². The van der Waals surface area contributed by atoms with Gasteiger partial charge in [0, 0.05) is 12.7 Å². The van der Waals surface area contributed by atoms with E-state index in [9.17, 15) is 19.2 Å². The van der Waals surface area contributed by atoms with Crippen molar-refractivity contribution >= 4 is 57.7 Å². The molecule has 0 unspecified atom stereocenters. The Morgan fingerprint density at radius 2 is 1.93 bits per heavy atom. The number of carbonyl (C=O) groups is 4. The van der Waals surface area contributed by atoms with E-state index in [4.69, 9.17) is 4.74 Å². The minimum Gasteiger partial charge on any atom is -0.450 e. The third-order valence-corrected chi connectivity index (χ3v) is 5.56. The Morgan fingerprint density at radius 1 is 1.18 bits per heavy atom. The molecule has 0 fully saturated rings. The average molecular weight is 421 g/mol. The van der Waals surface area contributed by atoms with Gasteiger partial charge in [0.1, 0.15) is 0 Å². The molecule has 0 aliphatic carbocycles. The number of carbonyl (C=O) groups excluding carboxylic acids is 4. The number of benzene rings is 1. The van der Waals surface area contributed by atoms with Gasteiger partial charge in [-0.3, -0.25) is 24.6 Å². The molecule has 2 N–H and O–H groups in total. The fraction of sp³-hybridized carbons (Fsp3) is 0.250. The van der Waals surface area contributed by atoms with Gasteiger partial charge < -0.3 is 10.1 Å². The minimum atomic E-state index is -0.622. The number of ether oxygens (including phenoxy) is 1. The van der Waals surface area contributed by atoms with Crippen molar-refractivity contribution < 1.29 is 23.9 Å². The molecular weight excluding hydrogens is 406 g/mol. The van der Waals surface area contributed by atoms with Gasteiger partial charge in [0.15, 0.2) is 4.34 Å². The molecule has 0 spiro atoms. The van der Waals surface area contributed by atoms with E-state index in [-0.39, 0.29) is 34.9 Å². The predicted octanol–water partition coefficient (Wildman–Crippen LogP) is 2.06. The lowest BCUT2D eigenvalue weighted by Crippen LogP contribution is -2.24. The van der Waals surface area contributed by atoms with E-state index in [1.807, 2.05) is 0 Å². The first-order chi connectivity index (χ1) is 13.4. The molecule has 1 aliphatic rings. The minimum absolute atomic E-state index is 0.0535. The summed E-state index contributed by atoms with van der Waals surface area (Å²) in [6.45, 7) is 1.93. The summed E-state index contributed by atoms with van der Waals surface area (Å²) in [7, 11) is 1.41. The molecule has 0 bridgehead atoms. The van der Waals surface area contributed by atoms with Crippen LogP contribution in [0.1, 0.15) is 27.6 Å². The summed E-state index contributed by atoms with van der Waals surface area (Å²) in [4.78, 5) is 48.4. The molecule has 146 valence electrons. The predicted molar refractivity (Wildman–Crippen MR) is 103 cm³/mol. The number of amides is 4. The molecule has 1 aliphatic heterocycles. The van der Waals surface area contributed by atoms with Gasteiger partial charge in [-0.2, -0.15) is 0 Å². The van der Waals surface area contributed by atoms with E-state index < -0.39 is 12.0 Å². The van der Waals surface area contributed by atoms with Crippen LogP contribution in [0.3, 0.4) is 0 Å². The molecule has 0 saturated heterocycles. The van der Waals surface area contributed by atoms with Gasteiger partial charge in [-0.15, -0.1) is 10.2 Å². The summed E-state index contributed by atoms with van der Waals surface area (Å²) in [6.07, 6.45) is -0.622. The van der Waals surface area contributed by atoms with Crippen molar-refractivity contribution in [1.29, 1.82) is 0 Å². The van der Waals surface area contributed by atoms with Crippen molar-refractivity contribution in [3.8, 4) is 0 Å². The monoisotopic (exact) mass is 421 g/mol. The Balaban J connectivity index is 1.54. The van der Waals surface area contributed by atoms with Crippen molar-refractivity contribution in [3.05, 3.63) is 29.3 Å². The standard InChI is InChI=1S/C16H15N5O5S2/c1-3-26-15(25)18-14-19-20-16(28-14)27-7-11(22)17-8-4-5-9-10(6-8)13(24)21(2)12(9)23/h4-6H,3,7H2,1-2H3,(H,17,22)(H,18,19,25). The second-order valence-electron chi connectivity index (χ2n) is 5.49. The van der Waals surface area contributed by atoms with Crippen LogP contribution < -0.4 is 10.6 Å². The van der Waals surface area contributed by atoms with Crippen molar-refractivity contribution in [1.82, 2.24) is 15.1 Å². The molecule has 1 aromatic heterocycles. The summed E-state index contributed by atoms with van der Waals surface area (Å²) in [5.41, 5.74) is 0.995. The van der Waals surface area contributed by atoms with Crippen LogP contribution in [-0.4, -0.2) is 58.3 Å². The van der Waals surface area contributed by atoms with Gasteiger partial charge in [-0.25, -0.2) is 4.79 Å². The lowest BCUT2D eigenvalue weighted by atomic mass is 10.1. The number of nitrogens with zero attached hydrogens (tertiary/aromatic N) is 3. The van der Waals surface area contributed by atoms with Crippen molar-refractivity contribution in [2.24, 2.45) is 0 Å². The lowest BCUT2D eigenvalue weighted by molar-refractivity contribution is -0.113. The molecule has 2 aromatic rings. The van der Waals surface area contributed by atoms with Crippen LogP contribution in [-0.2, 0) is 9.53 Å². The number of nitrogens with one attached hydrogen (secondary N) is 2. The van der Waals surface area contributed by atoms with Crippen molar-refractivity contribution in [3.63, 3.8) is 0 Å². The Labute approximate surface area is 167 Å². The largest absolute Gasteiger partial charge is 0.450 e. The van der Waals surface area contributed by atoms with E-state index in [0.29, 0.717) is 15.6 Å². The van der Waals surface area contributed by atoms with Crippen LogP contribution in [0.2, 0.25) is 0 Å². The zero-order valence-corrected chi connectivity index (χ0v) is 16.5. The van der Waals surface area contributed by atoms with Gasteiger partial charge in [0.2, 0.25) is 11.0 Å². The molecule has 12 heteroatoms. The van der Waals surface area contributed by atoms with E-state index in [0.717, 1.165) is 28.0 Å². The number of anilines is 2. The quantitative estimate of drug-likeness (QED) is 0.412. The topological polar surface area (TPSA) is 131 Å². The summed E-state index contributed by atoms with van der Waals surface area (Å²) in [5, 5.41) is 13.0. The first-order valence-electron chi connectivity index (χ1n) is 8.05. The lowest BCUT2D eigenvalue weighted by Gasteiger charge is -2.05. The summed E-state index contributed by atoms with van der Waals surface area (Å²) in [5.74, 6) is -1.03. The van der Waals surface area contributed by atoms with Gasteiger partial charge in [0.25, 0.3) is 11.8 Å². The van der Waals surface area contributed by atoms with Gasteiger partial charge in [-0.1, -0.05) is 23.1 Å². The van der Waals surface area contributed by atoms with Crippen LogP contribution in [0.4, 0.5) is 15.6 Å². The Morgan fingerprint density at radius 3 is 2.68 bits per heavy atom. The SMILES string of the molecule is CCOC(=O)Nc1nnc(SCC(=O)Nc2ccc3c(c2)C(=O)N(C)C3=O)s1. The molecule has 10 nitrogen and oxygen atoms in total. The third kappa shape index (κ3) is 4.28. The molecular formula is C16H15N5O5S2. The number of imide groups is 1. The number of fused-ring (bicyclic) bond motifs is 1. The van der Waals surface area contributed by atoms with E-state index in [1.54, 1.807) is 13.0 Å². The maximum Gasteiger partial charge on any atom is 0.413 e. The molecule has 1 aromatic carbocycles. The highest BCUT2D eigenvalue weighted by Crippen LogP contribution is 2.27. The third-order valence-electron chi connectivity index (χ3n) is 3.59. The molecule has 28 heavy (non-hydrogen) atoms. The van der Waals surface area contributed by atoms with E-state index in [2.05, 4.69) is 20.8 Å². The van der Waals surface area contributed by atoms with Crippen LogP contribution in [0.15, 0.2) is 22.5 Å². The highest BCUT2D eigenvalue weighted by Gasteiger charge is 2.32. The summed E-state index contributed by atoms with van der Waals surface area (Å²) >= 11 is 2.26. The summed E-state index contributed by atoms with van der Waals surface area (Å²) in [6, 6.07) is 4.56. The van der Waals surface area contributed by atoms with E-state index in [1.165, 1.54) is 19.2 Å². The zero-order valence-electron chi connectivity index (χ0n) is 14.8. The number of thioether (sulfide) groups is 1. The molecule has 0 saturated carbocycles. The second-order valence-corrected chi connectivity index (χ2v) is 7.69. The van der Waals surface area contributed by atoms with Gasteiger partial charge in [-0.05, 0) is 25.1 Å². The number of aromatic nitrogens is 2.